The zero-order valence-corrected chi connectivity index (χ0v) is 19.5. The van der Waals surface area contributed by atoms with Crippen molar-refractivity contribution in [3.05, 3.63) is 106 Å². The minimum Gasteiger partial charge on any atom is -0.456 e. The molecule has 0 unspecified atom stereocenters. The summed E-state index contributed by atoms with van der Waals surface area (Å²) in [6.45, 7) is 3.89. The standard InChI is InChI=1S/C28H21N3O5/c1-17-7-12-26-23(15-17)30-28(36-26)19-9-8-18(2)22(16-19)29-27(32)14-11-20-10-13-25(35-20)21-5-3-4-6-24(21)31(33)34/h3-16H,1-2H3,(H,29,32)/b14-11+. The van der Waals surface area contributed by atoms with Crippen LogP contribution in [-0.4, -0.2) is 15.8 Å². The zero-order valence-electron chi connectivity index (χ0n) is 19.5. The van der Waals surface area contributed by atoms with Crippen molar-refractivity contribution in [2.45, 2.75) is 13.8 Å². The van der Waals surface area contributed by atoms with Crippen LogP contribution in [0.1, 0.15) is 16.9 Å². The van der Waals surface area contributed by atoms with E-state index in [2.05, 4.69) is 10.3 Å². The van der Waals surface area contributed by atoms with E-state index in [0.717, 1.165) is 22.2 Å². The van der Waals surface area contributed by atoms with Crippen molar-refractivity contribution >= 4 is 34.5 Å². The number of rotatable bonds is 6. The Morgan fingerprint density at radius 2 is 1.83 bits per heavy atom. The summed E-state index contributed by atoms with van der Waals surface area (Å²) in [5, 5.41) is 14.1. The van der Waals surface area contributed by atoms with Gasteiger partial charge in [-0.2, -0.15) is 0 Å². The highest BCUT2D eigenvalue weighted by atomic mass is 16.6. The van der Waals surface area contributed by atoms with Gasteiger partial charge >= 0.3 is 0 Å². The van der Waals surface area contributed by atoms with E-state index in [4.69, 9.17) is 8.83 Å². The van der Waals surface area contributed by atoms with Crippen LogP contribution >= 0.6 is 0 Å². The average molecular weight is 479 g/mol. The molecule has 3 aromatic carbocycles. The average Bonchev–Trinajstić information content (AvgIpc) is 3.51. The molecule has 1 amide bonds. The van der Waals surface area contributed by atoms with E-state index in [1.165, 1.54) is 18.2 Å². The number of nitrogens with zero attached hydrogens (tertiary/aromatic N) is 2. The Kier molecular flexibility index (Phi) is 5.92. The fourth-order valence-electron chi connectivity index (χ4n) is 3.81. The monoisotopic (exact) mass is 479 g/mol. The first kappa shape index (κ1) is 22.8. The largest absolute Gasteiger partial charge is 0.456 e. The highest BCUT2D eigenvalue weighted by Crippen LogP contribution is 2.31. The third-order valence-electron chi connectivity index (χ3n) is 5.68. The van der Waals surface area contributed by atoms with Crippen molar-refractivity contribution in [3.8, 4) is 22.8 Å². The number of nitro groups is 1. The lowest BCUT2D eigenvalue weighted by molar-refractivity contribution is -0.384. The van der Waals surface area contributed by atoms with Crippen molar-refractivity contribution in [2.75, 3.05) is 5.32 Å². The Bertz CT molecular complexity index is 1640. The van der Waals surface area contributed by atoms with Gasteiger partial charge in [-0.1, -0.05) is 24.3 Å². The van der Waals surface area contributed by atoms with E-state index in [0.29, 0.717) is 34.2 Å². The van der Waals surface area contributed by atoms with Gasteiger partial charge in [0.05, 0.1) is 10.5 Å². The van der Waals surface area contributed by atoms with Crippen LogP contribution in [0.4, 0.5) is 11.4 Å². The maximum Gasteiger partial charge on any atom is 0.280 e. The molecular formula is C28H21N3O5. The summed E-state index contributed by atoms with van der Waals surface area (Å²) in [5.41, 5.74) is 5.13. The zero-order chi connectivity index (χ0) is 25.2. The number of furan rings is 1. The van der Waals surface area contributed by atoms with Crippen LogP contribution in [0.3, 0.4) is 0 Å². The predicted molar refractivity (Wildman–Crippen MR) is 137 cm³/mol. The van der Waals surface area contributed by atoms with E-state index in [9.17, 15) is 14.9 Å². The Balaban J connectivity index is 1.33. The predicted octanol–water partition coefficient (Wildman–Crippen LogP) is 6.93. The van der Waals surface area contributed by atoms with Gasteiger partial charge in [-0.15, -0.1) is 0 Å². The van der Waals surface area contributed by atoms with Gasteiger partial charge in [-0.25, -0.2) is 4.98 Å². The maximum absolute atomic E-state index is 12.6. The summed E-state index contributed by atoms with van der Waals surface area (Å²) in [6.07, 6.45) is 2.85. The van der Waals surface area contributed by atoms with Gasteiger partial charge in [0.25, 0.3) is 5.69 Å². The van der Waals surface area contributed by atoms with E-state index >= 15 is 0 Å². The molecule has 0 radical (unpaired) electrons. The van der Waals surface area contributed by atoms with E-state index < -0.39 is 4.92 Å². The number of benzene rings is 3. The summed E-state index contributed by atoms with van der Waals surface area (Å²) >= 11 is 0. The number of aromatic nitrogens is 1. The SMILES string of the molecule is Cc1ccc2oc(-c3ccc(C)c(NC(=O)/C=C/c4ccc(-c5ccccc5[N+](=O)[O-])o4)c3)nc2c1. The molecule has 8 heteroatoms. The summed E-state index contributed by atoms with van der Waals surface area (Å²) in [6, 6.07) is 21.0. The van der Waals surface area contributed by atoms with Crippen molar-refractivity contribution < 1.29 is 18.6 Å². The summed E-state index contributed by atoms with van der Waals surface area (Å²) in [7, 11) is 0. The number of nitrogens with one attached hydrogen (secondary N) is 1. The van der Waals surface area contributed by atoms with Crippen molar-refractivity contribution in [3.63, 3.8) is 0 Å². The highest BCUT2D eigenvalue weighted by molar-refractivity contribution is 6.02. The molecule has 0 aliphatic rings. The summed E-state index contributed by atoms with van der Waals surface area (Å²) in [4.78, 5) is 28.0. The van der Waals surface area contributed by atoms with Crippen LogP contribution in [-0.2, 0) is 4.79 Å². The number of hydrogen-bond acceptors (Lipinski definition) is 6. The molecule has 0 atom stereocenters. The Morgan fingerprint density at radius 1 is 1.00 bits per heavy atom. The number of oxazole rings is 1. The lowest BCUT2D eigenvalue weighted by Crippen LogP contribution is -2.09. The molecule has 178 valence electrons. The third kappa shape index (κ3) is 4.65. The fourth-order valence-corrected chi connectivity index (χ4v) is 3.81. The Hall–Kier alpha value is -4.98. The number of nitro benzene ring substituents is 1. The molecule has 0 fully saturated rings. The molecular weight excluding hydrogens is 458 g/mol. The Labute approximate surface area is 206 Å². The molecule has 2 heterocycles. The Morgan fingerprint density at radius 3 is 2.67 bits per heavy atom. The molecule has 2 aromatic heterocycles. The molecule has 0 saturated carbocycles. The lowest BCUT2D eigenvalue weighted by Gasteiger charge is -2.07. The molecule has 36 heavy (non-hydrogen) atoms. The van der Waals surface area contributed by atoms with Gasteiger partial charge in [-0.05, 0) is 73.5 Å². The number of fused-ring (bicyclic) bond motifs is 1. The van der Waals surface area contributed by atoms with Crippen LogP contribution < -0.4 is 5.32 Å². The number of amides is 1. The second kappa shape index (κ2) is 9.34. The van der Waals surface area contributed by atoms with Gasteiger partial charge < -0.3 is 14.2 Å². The number of para-hydroxylation sites is 1. The van der Waals surface area contributed by atoms with E-state index in [1.807, 2.05) is 50.2 Å². The third-order valence-corrected chi connectivity index (χ3v) is 5.68. The number of aryl methyl sites for hydroxylation is 2. The van der Waals surface area contributed by atoms with Crippen LogP contribution in [0, 0.1) is 24.0 Å². The van der Waals surface area contributed by atoms with Gasteiger partial charge in [0, 0.05) is 23.4 Å². The topological polar surface area (TPSA) is 111 Å². The molecule has 0 saturated heterocycles. The van der Waals surface area contributed by atoms with Crippen molar-refractivity contribution in [1.82, 2.24) is 4.98 Å². The van der Waals surface area contributed by atoms with Gasteiger partial charge in [0.2, 0.25) is 11.8 Å². The van der Waals surface area contributed by atoms with Crippen LogP contribution in [0.15, 0.2) is 87.7 Å². The highest BCUT2D eigenvalue weighted by Gasteiger charge is 2.17. The molecule has 0 aliphatic heterocycles. The van der Waals surface area contributed by atoms with Gasteiger partial charge in [0.15, 0.2) is 5.58 Å². The minimum atomic E-state index is -0.459. The smallest absolute Gasteiger partial charge is 0.280 e. The molecule has 1 N–H and O–H groups in total. The van der Waals surface area contributed by atoms with E-state index in [-0.39, 0.29) is 11.6 Å². The van der Waals surface area contributed by atoms with Crippen LogP contribution in [0.2, 0.25) is 0 Å². The molecule has 5 rings (SSSR count). The maximum atomic E-state index is 12.6. The second-order valence-corrected chi connectivity index (χ2v) is 8.32. The van der Waals surface area contributed by atoms with Gasteiger partial charge in [-0.3, -0.25) is 14.9 Å². The molecule has 5 aromatic rings. The first-order valence-corrected chi connectivity index (χ1v) is 11.2. The second-order valence-electron chi connectivity index (χ2n) is 8.32. The van der Waals surface area contributed by atoms with Gasteiger partial charge in [0.1, 0.15) is 17.0 Å². The number of carbonyl (C=O) groups is 1. The number of anilines is 1. The van der Waals surface area contributed by atoms with Crippen LogP contribution in [0.25, 0.3) is 40.0 Å². The normalized spacial score (nSPS) is 11.3. The summed E-state index contributed by atoms with van der Waals surface area (Å²) in [5.74, 6) is 0.858. The lowest BCUT2D eigenvalue weighted by atomic mass is 10.1. The first-order valence-electron chi connectivity index (χ1n) is 11.2. The van der Waals surface area contributed by atoms with Crippen LogP contribution in [0.5, 0.6) is 0 Å². The van der Waals surface area contributed by atoms with Crippen molar-refractivity contribution in [1.29, 1.82) is 0 Å². The molecule has 8 nitrogen and oxygen atoms in total. The molecule has 0 spiro atoms. The minimum absolute atomic E-state index is 0.0513. The molecule has 0 aliphatic carbocycles. The number of carbonyl (C=O) groups excluding carboxylic acids is 1. The fraction of sp³-hybridized carbons (Fsp3) is 0.0714. The first-order chi connectivity index (χ1) is 17.4. The van der Waals surface area contributed by atoms with E-state index in [1.54, 1.807) is 30.3 Å². The quantitative estimate of drug-likeness (QED) is 0.161. The summed E-state index contributed by atoms with van der Waals surface area (Å²) < 4.78 is 11.6. The number of hydrogen-bond donors (Lipinski definition) is 1. The van der Waals surface area contributed by atoms with Crippen molar-refractivity contribution in [2.24, 2.45) is 0 Å². The molecule has 0 bridgehead atoms.